The molecular weight excluding hydrogens is 296 g/mol. The second-order valence-electron chi connectivity index (χ2n) is 5.10. The first-order valence-corrected chi connectivity index (χ1v) is 6.91. The Morgan fingerprint density at radius 1 is 1.13 bits per heavy atom. The molecule has 0 aliphatic carbocycles. The SMILES string of the molecule is O=CC(=O)c1c2ccccc2cn1Cc1ccc([N+](=O)[O-])cc1. The minimum Gasteiger partial charge on any atom is -0.339 e. The van der Waals surface area contributed by atoms with Gasteiger partial charge in [-0.1, -0.05) is 36.4 Å². The number of nitro groups is 1. The molecule has 3 aromatic rings. The molecule has 6 nitrogen and oxygen atoms in total. The Bertz CT molecular complexity index is 910. The highest BCUT2D eigenvalue weighted by Crippen LogP contribution is 2.23. The lowest BCUT2D eigenvalue weighted by Gasteiger charge is -2.07. The van der Waals surface area contributed by atoms with Crippen LogP contribution in [0.3, 0.4) is 0 Å². The summed E-state index contributed by atoms with van der Waals surface area (Å²) in [4.78, 5) is 33.1. The van der Waals surface area contributed by atoms with Crippen LogP contribution in [0.15, 0.2) is 54.7 Å². The number of non-ortho nitro benzene ring substituents is 1. The lowest BCUT2D eigenvalue weighted by Crippen LogP contribution is -2.10. The Morgan fingerprint density at radius 3 is 2.48 bits per heavy atom. The molecule has 1 heterocycles. The third-order valence-electron chi connectivity index (χ3n) is 3.64. The van der Waals surface area contributed by atoms with E-state index in [1.54, 1.807) is 35.0 Å². The molecule has 1 aromatic heterocycles. The predicted octanol–water partition coefficient (Wildman–Crippen LogP) is 2.98. The summed E-state index contributed by atoms with van der Waals surface area (Å²) in [5, 5.41) is 12.3. The fourth-order valence-electron chi connectivity index (χ4n) is 2.59. The Labute approximate surface area is 131 Å². The van der Waals surface area contributed by atoms with Crippen LogP contribution in [-0.2, 0) is 11.3 Å². The van der Waals surface area contributed by atoms with Gasteiger partial charge in [0.05, 0.1) is 4.92 Å². The fraction of sp³-hybridized carbons (Fsp3) is 0.0588. The van der Waals surface area contributed by atoms with E-state index in [-0.39, 0.29) is 5.69 Å². The van der Waals surface area contributed by atoms with E-state index < -0.39 is 10.7 Å². The summed E-state index contributed by atoms with van der Waals surface area (Å²) in [5.41, 5.74) is 1.14. The van der Waals surface area contributed by atoms with Crippen LogP contribution in [0, 0.1) is 10.1 Å². The van der Waals surface area contributed by atoms with Crippen LogP contribution in [0.25, 0.3) is 10.8 Å². The normalized spacial score (nSPS) is 10.6. The molecule has 0 fully saturated rings. The van der Waals surface area contributed by atoms with Crippen molar-refractivity contribution in [2.75, 3.05) is 0 Å². The van der Waals surface area contributed by atoms with Crippen molar-refractivity contribution in [3.05, 3.63) is 76.1 Å². The van der Waals surface area contributed by atoms with Crippen molar-refractivity contribution in [2.45, 2.75) is 6.54 Å². The van der Waals surface area contributed by atoms with Crippen molar-refractivity contribution in [3.8, 4) is 0 Å². The quantitative estimate of drug-likeness (QED) is 0.238. The van der Waals surface area contributed by atoms with Crippen molar-refractivity contribution in [3.63, 3.8) is 0 Å². The summed E-state index contributed by atoms with van der Waals surface area (Å²) < 4.78 is 1.70. The number of fused-ring (bicyclic) bond motifs is 1. The molecule has 0 N–H and O–H groups in total. The highest BCUT2D eigenvalue weighted by atomic mass is 16.6. The first-order chi connectivity index (χ1) is 11.1. The zero-order chi connectivity index (χ0) is 16.4. The second-order valence-corrected chi connectivity index (χ2v) is 5.10. The maximum absolute atomic E-state index is 12.0. The molecule has 0 bridgehead atoms. The minimum absolute atomic E-state index is 0.00982. The summed E-state index contributed by atoms with van der Waals surface area (Å²) in [6, 6.07) is 13.4. The van der Waals surface area contributed by atoms with Gasteiger partial charge in [-0.05, 0) is 5.56 Å². The maximum atomic E-state index is 12.0. The molecule has 114 valence electrons. The fourth-order valence-corrected chi connectivity index (χ4v) is 2.59. The smallest absolute Gasteiger partial charge is 0.269 e. The topological polar surface area (TPSA) is 82.2 Å². The molecule has 0 aliphatic rings. The number of benzene rings is 2. The van der Waals surface area contributed by atoms with Gasteiger partial charge in [-0.3, -0.25) is 19.7 Å². The van der Waals surface area contributed by atoms with Gasteiger partial charge in [-0.2, -0.15) is 0 Å². The molecular formula is C17H12N2O4. The number of hydrogen-bond acceptors (Lipinski definition) is 4. The number of ketones is 1. The summed E-state index contributed by atoms with van der Waals surface area (Å²) in [6.07, 6.45) is 2.10. The van der Waals surface area contributed by atoms with Gasteiger partial charge in [0, 0.05) is 35.6 Å². The zero-order valence-corrected chi connectivity index (χ0v) is 12.0. The maximum Gasteiger partial charge on any atom is 0.269 e. The Kier molecular flexibility index (Phi) is 3.72. The second kappa shape index (κ2) is 5.84. The van der Waals surface area contributed by atoms with Crippen molar-refractivity contribution in [1.82, 2.24) is 4.57 Å². The van der Waals surface area contributed by atoms with Gasteiger partial charge >= 0.3 is 0 Å². The van der Waals surface area contributed by atoms with Crippen LogP contribution in [0.4, 0.5) is 5.69 Å². The highest BCUT2D eigenvalue weighted by Gasteiger charge is 2.16. The first kappa shape index (κ1) is 14.6. The molecule has 23 heavy (non-hydrogen) atoms. The summed E-state index contributed by atoms with van der Waals surface area (Å²) in [7, 11) is 0. The Hall–Kier alpha value is -3.28. The van der Waals surface area contributed by atoms with Gasteiger partial charge in [0.15, 0.2) is 6.29 Å². The van der Waals surface area contributed by atoms with Crippen LogP contribution >= 0.6 is 0 Å². The molecule has 0 unspecified atom stereocenters. The molecule has 0 amide bonds. The molecule has 0 saturated carbocycles. The Morgan fingerprint density at radius 2 is 1.83 bits per heavy atom. The van der Waals surface area contributed by atoms with Crippen LogP contribution in [0.1, 0.15) is 16.1 Å². The molecule has 0 spiro atoms. The van der Waals surface area contributed by atoms with E-state index in [0.29, 0.717) is 23.9 Å². The van der Waals surface area contributed by atoms with Crippen LogP contribution in [0.5, 0.6) is 0 Å². The van der Waals surface area contributed by atoms with E-state index in [4.69, 9.17) is 0 Å². The number of Topliss-reactive ketones (excluding diaryl/α,β-unsaturated/α-hetero) is 1. The molecule has 0 atom stereocenters. The molecule has 0 saturated heterocycles. The largest absolute Gasteiger partial charge is 0.339 e. The van der Waals surface area contributed by atoms with Crippen molar-refractivity contribution < 1.29 is 14.5 Å². The van der Waals surface area contributed by atoms with E-state index in [1.807, 2.05) is 12.1 Å². The number of nitro benzene ring substituents is 1. The average Bonchev–Trinajstić information content (AvgIpc) is 2.92. The summed E-state index contributed by atoms with van der Waals surface area (Å²) in [6.45, 7) is 0.349. The number of rotatable bonds is 5. The number of nitrogens with zero attached hydrogens (tertiary/aromatic N) is 2. The summed E-state index contributed by atoms with van der Waals surface area (Å²) in [5.74, 6) is -0.590. The molecule has 0 aliphatic heterocycles. The number of carbonyl (C=O) groups excluding carboxylic acids is 2. The minimum atomic E-state index is -0.590. The van der Waals surface area contributed by atoms with Crippen LogP contribution < -0.4 is 0 Å². The van der Waals surface area contributed by atoms with Gasteiger partial charge in [0.2, 0.25) is 5.78 Å². The monoisotopic (exact) mass is 308 g/mol. The van der Waals surface area contributed by atoms with Crippen molar-refractivity contribution >= 4 is 28.5 Å². The molecule has 0 radical (unpaired) electrons. The van der Waals surface area contributed by atoms with Crippen molar-refractivity contribution in [1.29, 1.82) is 0 Å². The predicted molar refractivity (Wildman–Crippen MR) is 84.5 cm³/mol. The summed E-state index contributed by atoms with van der Waals surface area (Å²) >= 11 is 0. The van der Waals surface area contributed by atoms with Crippen LogP contribution in [-0.4, -0.2) is 21.6 Å². The molecule has 2 aromatic carbocycles. The first-order valence-electron chi connectivity index (χ1n) is 6.91. The van der Waals surface area contributed by atoms with Gasteiger partial charge in [0.1, 0.15) is 5.69 Å². The van der Waals surface area contributed by atoms with Gasteiger partial charge in [-0.15, -0.1) is 0 Å². The van der Waals surface area contributed by atoms with E-state index in [9.17, 15) is 19.7 Å². The Balaban J connectivity index is 2.03. The zero-order valence-electron chi connectivity index (χ0n) is 12.0. The third kappa shape index (κ3) is 2.74. The average molecular weight is 308 g/mol. The lowest BCUT2D eigenvalue weighted by atomic mass is 10.1. The van der Waals surface area contributed by atoms with Crippen LogP contribution in [0.2, 0.25) is 0 Å². The number of carbonyl (C=O) groups is 2. The number of aldehydes is 1. The van der Waals surface area contributed by atoms with Gasteiger partial charge < -0.3 is 4.57 Å². The van der Waals surface area contributed by atoms with Gasteiger partial charge in [0.25, 0.3) is 5.69 Å². The number of aromatic nitrogens is 1. The lowest BCUT2D eigenvalue weighted by molar-refractivity contribution is -0.384. The molecule has 3 rings (SSSR count). The van der Waals surface area contributed by atoms with Gasteiger partial charge in [-0.25, -0.2) is 0 Å². The number of hydrogen-bond donors (Lipinski definition) is 0. The van der Waals surface area contributed by atoms with Crippen molar-refractivity contribution in [2.24, 2.45) is 0 Å². The van der Waals surface area contributed by atoms with E-state index in [0.717, 1.165) is 10.9 Å². The standard InChI is InChI=1S/C17H12N2O4/c20-11-16(21)17-15-4-2-1-3-13(15)10-18(17)9-12-5-7-14(8-6-12)19(22)23/h1-8,10-11H,9H2. The third-order valence-corrected chi connectivity index (χ3v) is 3.64. The van der Waals surface area contributed by atoms with E-state index in [2.05, 4.69) is 0 Å². The van der Waals surface area contributed by atoms with E-state index in [1.165, 1.54) is 12.1 Å². The highest BCUT2D eigenvalue weighted by molar-refractivity contribution is 6.35. The molecule has 6 heteroatoms. The van der Waals surface area contributed by atoms with E-state index >= 15 is 0 Å².